The molecule has 0 aliphatic rings. The highest BCUT2D eigenvalue weighted by molar-refractivity contribution is 6.31. The van der Waals surface area contributed by atoms with Crippen molar-refractivity contribution in [2.45, 2.75) is 13.1 Å². The first-order valence-corrected chi connectivity index (χ1v) is 8.66. The zero-order valence-corrected chi connectivity index (χ0v) is 15.0. The van der Waals surface area contributed by atoms with Gasteiger partial charge in [0.1, 0.15) is 5.52 Å². The quantitative estimate of drug-likeness (QED) is 0.577. The summed E-state index contributed by atoms with van der Waals surface area (Å²) >= 11 is 6.06. The Kier molecular flexibility index (Phi) is 4.76. The van der Waals surface area contributed by atoms with Crippen molar-refractivity contribution in [3.8, 4) is 0 Å². The van der Waals surface area contributed by atoms with Gasteiger partial charge in [0.2, 0.25) is 0 Å². The van der Waals surface area contributed by atoms with Crippen molar-refractivity contribution in [2.75, 3.05) is 0 Å². The van der Waals surface area contributed by atoms with Crippen LogP contribution >= 0.6 is 11.6 Å². The fraction of sp³-hybridized carbons (Fsp3) is 0.105. The highest BCUT2D eigenvalue weighted by Crippen LogP contribution is 2.15. The topological polar surface area (TPSA) is 85.6 Å². The molecule has 0 spiro atoms. The SMILES string of the molecule is O=C(NCc1ncccc1Cl)c1cnc2c(c1)ncn2Cc1cccnc1. The van der Waals surface area contributed by atoms with Crippen LogP contribution in [-0.2, 0) is 13.1 Å². The summed E-state index contributed by atoms with van der Waals surface area (Å²) in [5.74, 6) is -0.257. The molecule has 4 aromatic rings. The van der Waals surface area contributed by atoms with Gasteiger partial charge in [0.15, 0.2) is 5.65 Å². The first kappa shape index (κ1) is 17.1. The van der Waals surface area contributed by atoms with Crippen LogP contribution in [0.4, 0.5) is 0 Å². The molecular weight excluding hydrogens is 364 g/mol. The normalized spacial score (nSPS) is 10.9. The number of hydrogen-bond donors (Lipinski definition) is 1. The van der Waals surface area contributed by atoms with Gasteiger partial charge in [-0.3, -0.25) is 14.8 Å². The van der Waals surface area contributed by atoms with Gasteiger partial charge in [-0.1, -0.05) is 17.7 Å². The van der Waals surface area contributed by atoms with E-state index in [0.717, 1.165) is 5.56 Å². The number of imidazole rings is 1. The summed E-state index contributed by atoms with van der Waals surface area (Å²) in [6, 6.07) is 9.07. The number of nitrogens with one attached hydrogen (secondary N) is 1. The standard InChI is InChI=1S/C19H15ClN6O/c20-15-4-2-6-22-17(15)10-24-19(27)14-7-16-18(23-9-14)26(12-25-16)11-13-3-1-5-21-8-13/h1-9,12H,10-11H2,(H,24,27). The number of fused-ring (bicyclic) bond motifs is 1. The van der Waals surface area contributed by atoms with Gasteiger partial charge in [0.05, 0.1) is 35.7 Å². The monoisotopic (exact) mass is 378 g/mol. The summed E-state index contributed by atoms with van der Waals surface area (Å²) in [6.07, 6.45) is 8.42. The molecule has 8 heteroatoms. The molecule has 0 bridgehead atoms. The van der Waals surface area contributed by atoms with E-state index in [2.05, 4.69) is 25.3 Å². The third-order valence-corrected chi connectivity index (χ3v) is 4.39. The van der Waals surface area contributed by atoms with Crippen LogP contribution in [0.5, 0.6) is 0 Å². The molecule has 0 atom stereocenters. The number of aromatic nitrogens is 5. The van der Waals surface area contributed by atoms with E-state index in [4.69, 9.17) is 11.6 Å². The molecule has 1 amide bonds. The van der Waals surface area contributed by atoms with E-state index in [0.29, 0.717) is 34.0 Å². The molecule has 0 fully saturated rings. The third kappa shape index (κ3) is 3.78. The van der Waals surface area contributed by atoms with Crippen LogP contribution in [0.3, 0.4) is 0 Å². The summed E-state index contributed by atoms with van der Waals surface area (Å²) in [5, 5.41) is 3.31. The molecule has 0 unspecified atom stereocenters. The van der Waals surface area contributed by atoms with Gasteiger partial charge < -0.3 is 9.88 Å². The Morgan fingerprint density at radius 1 is 1.11 bits per heavy atom. The first-order chi connectivity index (χ1) is 13.2. The molecule has 0 radical (unpaired) electrons. The molecule has 0 aliphatic heterocycles. The highest BCUT2D eigenvalue weighted by Gasteiger charge is 2.12. The number of rotatable bonds is 5. The van der Waals surface area contributed by atoms with Gasteiger partial charge in [-0.15, -0.1) is 0 Å². The summed E-state index contributed by atoms with van der Waals surface area (Å²) in [6.45, 7) is 0.854. The van der Waals surface area contributed by atoms with Crippen molar-refractivity contribution in [1.82, 2.24) is 29.8 Å². The average Bonchev–Trinajstić information content (AvgIpc) is 3.10. The molecule has 0 saturated carbocycles. The van der Waals surface area contributed by atoms with E-state index < -0.39 is 0 Å². The molecule has 4 aromatic heterocycles. The second kappa shape index (κ2) is 7.51. The Hall–Kier alpha value is -3.32. The molecule has 4 rings (SSSR count). The minimum Gasteiger partial charge on any atom is -0.346 e. The molecule has 134 valence electrons. The zero-order valence-electron chi connectivity index (χ0n) is 14.2. The zero-order chi connectivity index (χ0) is 18.6. The number of amides is 1. The van der Waals surface area contributed by atoms with Crippen LogP contribution in [0.25, 0.3) is 11.2 Å². The largest absolute Gasteiger partial charge is 0.346 e. The van der Waals surface area contributed by atoms with Crippen molar-refractivity contribution >= 4 is 28.7 Å². The second-order valence-corrected chi connectivity index (χ2v) is 6.32. The number of carbonyl (C=O) groups is 1. The molecule has 0 aromatic carbocycles. The fourth-order valence-electron chi connectivity index (χ4n) is 2.69. The number of halogens is 1. The number of hydrogen-bond acceptors (Lipinski definition) is 5. The van der Waals surface area contributed by atoms with Gasteiger partial charge in [0.25, 0.3) is 5.91 Å². The summed E-state index contributed by atoms with van der Waals surface area (Å²) in [7, 11) is 0. The van der Waals surface area contributed by atoms with E-state index >= 15 is 0 Å². The predicted octanol–water partition coefficient (Wildman–Crippen LogP) is 2.85. The number of carbonyl (C=O) groups excluding carboxylic acids is 1. The maximum absolute atomic E-state index is 12.4. The van der Waals surface area contributed by atoms with Crippen molar-refractivity contribution in [1.29, 1.82) is 0 Å². The van der Waals surface area contributed by atoms with Gasteiger partial charge in [-0.05, 0) is 29.8 Å². The molecule has 7 nitrogen and oxygen atoms in total. The van der Waals surface area contributed by atoms with Gasteiger partial charge >= 0.3 is 0 Å². The lowest BCUT2D eigenvalue weighted by Crippen LogP contribution is -2.23. The van der Waals surface area contributed by atoms with Crippen LogP contribution < -0.4 is 5.32 Å². The maximum atomic E-state index is 12.4. The maximum Gasteiger partial charge on any atom is 0.253 e. The Morgan fingerprint density at radius 3 is 2.81 bits per heavy atom. The second-order valence-electron chi connectivity index (χ2n) is 5.92. The van der Waals surface area contributed by atoms with Crippen LogP contribution in [0, 0.1) is 0 Å². The Balaban J connectivity index is 1.50. The van der Waals surface area contributed by atoms with E-state index in [1.165, 1.54) is 0 Å². The molecule has 4 heterocycles. The fourth-order valence-corrected chi connectivity index (χ4v) is 2.88. The van der Waals surface area contributed by atoms with Crippen LogP contribution in [-0.4, -0.2) is 30.4 Å². The highest BCUT2D eigenvalue weighted by atomic mass is 35.5. The Morgan fingerprint density at radius 2 is 2.00 bits per heavy atom. The lowest BCUT2D eigenvalue weighted by Gasteiger charge is -2.06. The van der Waals surface area contributed by atoms with Crippen molar-refractivity contribution in [2.24, 2.45) is 0 Å². The summed E-state index contributed by atoms with van der Waals surface area (Å²) in [4.78, 5) is 29.4. The molecule has 27 heavy (non-hydrogen) atoms. The molecule has 0 aliphatic carbocycles. The van der Waals surface area contributed by atoms with E-state index in [-0.39, 0.29) is 12.5 Å². The average molecular weight is 379 g/mol. The predicted molar refractivity (Wildman–Crippen MR) is 101 cm³/mol. The Bertz CT molecular complexity index is 1100. The van der Waals surface area contributed by atoms with E-state index in [1.807, 2.05) is 16.7 Å². The number of nitrogens with zero attached hydrogens (tertiary/aromatic N) is 5. The lowest BCUT2D eigenvalue weighted by atomic mass is 10.2. The van der Waals surface area contributed by atoms with Crippen molar-refractivity contribution in [3.63, 3.8) is 0 Å². The lowest BCUT2D eigenvalue weighted by molar-refractivity contribution is 0.0950. The van der Waals surface area contributed by atoms with Crippen LogP contribution in [0.1, 0.15) is 21.6 Å². The van der Waals surface area contributed by atoms with Crippen LogP contribution in [0.15, 0.2) is 61.4 Å². The minimum absolute atomic E-state index is 0.242. The summed E-state index contributed by atoms with van der Waals surface area (Å²) < 4.78 is 1.92. The van der Waals surface area contributed by atoms with Gasteiger partial charge in [-0.25, -0.2) is 9.97 Å². The summed E-state index contributed by atoms with van der Waals surface area (Å²) in [5.41, 5.74) is 3.46. The number of pyridine rings is 3. The first-order valence-electron chi connectivity index (χ1n) is 8.28. The molecule has 1 N–H and O–H groups in total. The van der Waals surface area contributed by atoms with Crippen molar-refractivity contribution in [3.05, 3.63) is 83.3 Å². The Labute approximate surface area is 160 Å². The third-order valence-electron chi connectivity index (χ3n) is 4.04. The smallest absolute Gasteiger partial charge is 0.253 e. The minimum atomic E-state index is -0.257. The van der Waals surface area contributed by atoms with Crippen LogP contribution in [0.2, 0.25) is 5.02 Å². The van der Waals surface area contributed by atoms with Gasteiger partial charge in [0, 0.05) is 24.8 Å². The molecule has 0 saturated heterocycles. The van der Waals surface area contributed by atoms with Crippen molar-refractivity contribution < 1.29 is 4.79 Å². The molecular formula is C19H15ClN6O. The van der Waals surface area contributed by atoms with E-state index in [1.54, 1.807) is 49.3 Å². The van der Waals surface area contributed by atoms with Gasteiger partial charge in [-0.2, -0.15) is 0 Å². The van der Waals surface area contributed by atoms with E-state index in [9.17, 15) is 4.79 Å².